The second-order valence-electron chi connectivity index (χ2n) is 16.1. The Morgan fingerprint density at radius 3 is 1.78 bits per heavy atom. The third-order valence-electron chi connectivity index (χ3n) is 10.6. The van der Waals surface area contributed by atoms with Gasteiger partial charge in [-0.05, 0) is 63.5 Å². The number of nitrogens with one attached hydrogen (secondary N) is 4. The van der Waals surface area contributed by atoms with Crippen molar-refractivity contribution in [1.29, 1.82) is 0 Å². The van der Waals surface area contributed by atoms with Gasteiger partial charge in [-0.1, -0.05) is 24.3 Å². The van der Waals surface area contributed by atoms with Crippen LogP contribution in [-0.4, -0.2) is 114 Å². The lowest BCUT2D eigenvalue weighted by Gasteiger charge is -2.38. The molecule has 2 aromatic carbocycles. The zero-order valence-corrected chi connectivity index (χ0v) is 37.2. The third kappa shape index (κ3) is 15.0. The van der Waals surface area contributed by atoms with Crippen LogP contribution in [0.25, 0.3) is 16.8 Å². The highest BCUT2D eigenvalue weighted by Crippen LogP contribution is 2.42. The van der Waals surface area contributed by atoms with Gasteiger partial charge in [-0.3, -0.25) is 15.0 Å². The van der Waals surface area contributed by atoms with E-state index in [4.69, 9.17) is 5.73 Å². The van der Waals surface area contributed by atoms with Gasteiger partial charge in [0.25, 0.3) is 5.91 Å². The SMILES string of the molecule is COC(=O)N[C@H](C(=O)N[C@@H](Cc1ccc(-c2cnn(C(F)F)c2)cc1)[C@@H](O)CN(Cc1c(F)cc(C(N)=CC=NC(F)F)cc1F)NC(=O)[C@@H](NC(=O)OC)C(C)(C)C(F)(F)F)C(C)(C)C(F)(F)F. The van der Waals surface area contributed by atoms with Gasteiger partial charge in [0.15, 0.2) is 0 Å². The predicted molar refractivity (Wildman–Crippen MR) is 220 cm³/mol. The number of alkyl halides is 10. The zero-order chi connectivity index (χ0) is 52.4. The summed E-state index contributed by atoms with van der Waals surface area (Å²) in [7, 11) is 1.53. The van der Waals surface area contributed by atoms with Crippen molar-refractivity contribution in [3.63, 3.8) is 0 Å². The molecule has 0 saturated carbocycles. The monoisotopic (exact) mass is 1010 g/mol. The van der Waals surface area contributed by atoms with Crippen LogP contribution in [0.3, 0.4) is 0 Å². The van der Waals surface area contributed by atoms with E-state index in [2.05, 4.69) is 24.9 Å². The smallest absolute Gasteiger partial charge is 0.407 e. The quantitative estimate of drug-likeness (QED) is 0.0319. The van der Waals surface area contributed by atoms with Crippen molar-refractivity contribution < 1.29 is 86.4 Å². The summed E-state index contributed by atoms with van der Waals surface area (Å²) < 4.78 is 178. The molecule has 0 radical (unpaired) electrons. The highest BCUT2D eigenvalue weighted by Gasteiger charge is 2.57. The van der Waals surface area contributed by atoms with E-state index in [9.17, 15) is 68.2 Å². The second-order valence-corrected chi connectivity index (χ2v) is 16.1. The molecule has 382 valence electrons. The number of ether oxygens (including phenoxy) is 2. The van der Waals surface area contributed by atoms with Crippen LogP contribution in [0.2, 0.25) is 0 Å². The summed E-state index contributed by atoms with van der Waals surface area (Å²) in [4.78, 5) is 54.9. The van der Waals surface area contributed by atoms with Crippen molar-refractivity contribution in [2.75, 3.05) is 20.8 Å². The summed E-state index contributed by atoms with van der Waals surface area (Å²) in [6.45, 7) is -6.46. The Kier molecular flexibility index (Phi) is 19.0. The van der Waals surface area contributed by atoms with Crippen molar-refractivity contribution in [2.45, 2.75) is 90.3 Å². The minimum Gasteiger partial charge on any atom is -0.453 e. The van der Waals surface area contributed by atoms with Gasteiger partial charge < -0.3 is 36.3 Å². The van der Waals surface area contributed by atoms with Crippen LogP contribution < -0.4 is 27.1 Å². The molecule has 69 heavy (non-hydrogen) atoms. The van der Waals surface area contributed by atoms with E-state index in [0.29, 0.717) is 61.3 Å². The molecule has 0 unspecified atom stereocenters. The van der Waals surface area contributed by atoms with Crippen molar-refractivity contribution >= 4 is 35.9 Å². The van der Waals surface area contributed by atoms with Crippen LogP contribution in [0.5, 0.6) is 0 Å². The summed E-state index contributed by atoms with van der Waals surface area (Å²) in [5.74, 6) is -6.30. The van der Waals surface area contributed by atoms with Crippen molar-refractivity contribution in [3.8, 4) is 11.1 Å². The molecule has 0 bridgehead atoms. The number of methoxy groups -OCH3 is 2. The molecule has 3 aromatic rings. The Morgan fingerprint density at radius 2 is 1.33 bits per heavy atom. The lowest BCUT2D eigenvalue weighted by atomic mass is 9.82. The maximum absolute atomic E-state index is 15.8. The number of hydrogen-bond acceptors (Lipinski definition) is 11. The number of aliphatic hydroxyl groups is 1. The molecule has 3 rings (SSSR count). The number of halogens is 12. The average Bonchev–Trinajstić information content (AvgIpc) is 3.75. The number of hydrazine groups is 1. The van der Waals surface area contributed by atoms with Crippen molar-refractivity contribution in [2.24, 2.45) is 21.6 Å². The predicted octanol–water partition coefficient (Wildman–Crippen LogP) is 6.36. The Balaban J connectivity index is 2.21. The average molecular weight is 1010 g/mol. The molecular formula is C41H47F12N9O7. The minimum absolute atomic E-state index is 0.152. The molecule has 16 nitrogen and oxygen atoms in total. The number of amides is 4. The summed E-state index contributed by atoms with van der Waals surface area (Å²) in [6, 6.07) is -0.371. The van der Waals surface area contributed by atoms with Gasteiger partial charge in [-0.15, -0.1) is 0 Å². The number of nitrogens with zero attached hydrogens (tertiary/aromatic N) is 4. The van der Waals surface area contributed by atoms with Gasteiger partial charge in [-0.2, -0.15) is 49.0 Å². The summed E-state index contributed by atoms with van der Waals surface area (Å²) in [5.41, 5.74) is 0.228. The standard InChI is InChI=1S/C41H47F12N9O7/c1-38(2,40(48,49)50)30(58-36(66)68-5)32(64)57-28(13-20-7-9-21(10-8-20)23-16-56-62(17-23)35(46)47)29(63)19-61(60-33(65)31(59-37(67)69-6)39(3,4)41(51,52)53)18-24-25(42)14-22(15-26(24)43)27(54)11-12-55-34(44)45/h7-12,14-17,28-31,34-35,63H,13,18-19,54H2,1-6H3,(H,57,64)(H,58,66)(H,59,67)(H,60,65)/t28-,29-,30+,31+/m0/s1. The van der Waals surface area contributed by atoms with Gasteiger partial charge in [-0.25, -0.2) is 33.1 Å². The van der Waals surface area contributed by atoms with Crippen LogP contribution >= 0.6 is 0 Å². The number of rotatable bonds is 20. The van der Waals surface area contributed by atoms with E-state index < -0.39 is 132 Å². The van der Waals surface area contributed by atoms with Crippen molar-refractivity contribution in [1.82, 2.24) is 36.2 Å². The molecule has 0 fully saturated rings. The highest BCUT2D eigenvalue weighted by molar-refractivity contribution is 5.87. The highest BCUT2D eigenvalue weighted by atomic mass is 19.4. The van der Waals surface area contributed by atoms with E-state index in [-0.39, 0.29) is 11.1 Å². The van der Waals surface area contributed by atoms with Crippen LogP contribution in [0, 0.1) is 22.5 Å². The van der Waals surface area contributed by atoms with E-state index in [1.165, 1.54) is 24.3 Å². The van der Waals surface area contributed by atoms with Crippen LogP contribution in [0.4, 0.5) is 62.3 Å². The maximum Gasteiger partial charge on any atom is 0.407 e. The van der Waals surface area contributed by atoms with Crippen molar-refractivity contribution in [3.05, 3.63) is 83.2 Å². The molecule has 0 aliphatic rings. The number of allylic oxidation sites excluding steroid dienone is 1. The summed E-state index contributed by atoms with van der Waals surface area (Å²) in [6.07, 6.45) is -12.9. The third-order valence-corrected chi connectivity index (χ3v) is 10.6. The first-order chi connectivity index (χ1) is 31.8. The number of hydrogen-bond donors (Lipinski definition) is 6. The number of aliphatic imine (C=N–C) groups is 1. The number of carbonyl (C=O) groups excluding carboxylic acids is 4. The summed E-state index contributed by atoms with van der Waals surface area (Å²) in [5, 5.41) is 21.5. The van der Waals surface area contributed by atoms with E-state index in [0.717, 1.165) is 32.7 Å². The molecule has 0 spiro atoms. The van der Waals surface area contributed by atoms with E-state index in [1.54, 1.807) is 10.6 Å². The molecule has 7 N–H and O–H groups in total. The molecule has 1 aromatic heterocycles. The fraction of sp³-hybridized carbons (Fsp3) is 0.463. The Hall–Kier alpha value is -6.58. The van der Waals surface area contributed by atoms with Gasteiger partial charge in [0.2, 0.25) is 5.91 Å². The van der Waals surface area contributed by atoms with E-state index in [1.807, 2.05) is 5.43 Å². The molecular weight excluding hydrogens is 958 g/mol. The second kappa shape index (κ2) is 23.1. The molecule has 4 amide bonds. The normalized spacial score (nSPS) is 14.7. The number of benzene rings is 2. The van der Waals surface area contributed by atoms with Crippen LogP contribution in [0.15, 0.2) is 59.9 Å². The lowest BCUT2D eigenvalue weighted by molar-refractivity contribution is -0.221. The first kappa shape index (κ1) is 56.7. The molecule has 4 atom stereocenters. The van der Waals surface area contributed by atoms with Gasteiger partial charge in [0, 0.05) is 47.9 Å². The number of aromatic nitrogens is 2. The molecule has 0 aliphatic heterocycles. The summed E-state index contributed by atoms with van der Waals surface area (Å²) >= 11 is 0. The maximum atomic E-state index is 15.8. The number of carbonyl (C=O) groups is 4. The Bertz CT molecular complexity index is 2300. The molecule has 28 heteroatoms. The van der Waals surface area contributed by atoms with Gasteiger partial charge in [0.05, 0.1) is 43.4 Å². The van der Waals surface area contributed by atoms with Crippen LogP contribution in [0.1, 0.15) is 50.9 Å². The van der Waals surface area contributed by atoms with Gasteiger partial charge >= 0.3 is 37.6 Å². The Labute approximate surface area is 385 Å². The number of aliphatic hydroxyl groups excluding tert-OH is 1. The largest absolute Gasteiger partial charge is 0.453 e. The van der Waals surface area contributed by atoms with Gasteiger partial charge in [0.1, 0.15) is 23.7 Å². The molecule has 1 heterocycles. The number of nitrogens with two attached hydrogens (primary N) is 1. The Morgan fingerprint density at radius 1 is 0.826 bits per heavy atom. The molecule has 0 aliphatic carbocycles. The minimum atomic E-state index is -5.25. The van der Waals surface area contributed by atoms with Crippen LogP contribution in [-0.2, 0) is 32.0 Å². The fourth-order valence-electron chi connectivity index (χ4n) is 6.18. The zero-order valence-electron chi connectivity index (χ0n) is 37.2. The number of alkyl carbamates (subject to hydrolysis) is 2. The van der Waals surface area contributed by atoms with E-state index >= 15 is 8.78 Å². The first-order valence-electron chi connectivity index (χ1n) is 19.9. The topological polar surface area (TPSA) is 215 Å². The lowest BCUT2D eigenvalue weighted by Crippen LogP contribution is -2.63. The first-order valence-corrected chi connectivity index (χ1v) is 19.9. The molecule has 0 saturated heterocycles. The fourth-order valence-corrected chi connectivity index (χ4v) is 6.18.